The maximum absolute atomic E-state index is 12.7. The first-order valence-electron chi connectivity index (χ1n) is 6.23. The van der Waals surface area contributed by atoms with Gasteiger partial charge in [-0.3, -0.25) is 4.79 Å². The van der Waals surface area contributed by atoms with Crippen LogP contribution in [0.25, 0.3) is 0 Å². The Balaban J connectivity index is 3.22. The highest BCUT2D eigenvalue weighted by molar-refractivity contribution is 5.74. The lowest BCUT2D eigenvalue weighted by atomic mass is 10.1. The third-order valence-electron chi connectivity index (χ3n) is 2.71. The second-order valence-corrected chi connectivity index (χ2v) is 5.01. The average molecular weight is 300 g/mol. The minimum absolute atomic E-state index is 0.122. The molecule has 1 aromatic carbocycles. The zero-order valence-electron chi connectivity index (χ0n) is 11.6. The lowest BCUT2D eigenvalue weighted by Crippen LogP contribution is -2.33. The van der Waals surface area contributed by atoms with Crippen molar-refractivity contribution in [1.29, 1.82) is 5.26 Å². The summed E-state index contributed by atoms with van der Waals surface area (Å²) in [4.78, 5) is 12.3. The molecule has 0 atom stereocenters. The summed E-state index contributed by atoms with van der Waals surface area (Å²) >= 11 is 0. The third-order valence-corrected chi connectivity index (χ3v) is 2.71. The van der Waals surface area contributed by atoms with E-state index in [-0.39, 0.29) is 18.2 Å². The number of aliphatic carboxylic acids is 1. The summed E-state index contributed by atoms with van der Waals surface area (Å²) in [5.74, 6) is -0.966. The van der Waals surface area contributed by atoms with E-state index >= 15 is 0 Å². The van der Waals surface area contributed by atoms with Gasteiger partial charge in [0, 0.05) is 12.2 Å². The SMILES string of the molecule is CC(C)CN(CC(=O)O)c1ccc(C(F)(F)F)c(C#N)c1. The first kappa shape index (κ1) is 16.8. The van der Waals surface area contributed by atoms with Gasteiger partial charge in [0.05, 0.1) is 17.2 Å². The minimum atomic E-state index is -4.61. The van der Waals surface area contributed by atoms with E-state index in [2.05, 4.69) is 0 Å². The molecule has 0 aliphatic rings. The third kappa shape index (κ3) is 4.67. The molecule has 4 nitrogen and oxygen atoms in total. The highest BCUT2D eigenvalue weighted by atomic mass is 19.4. The van der Waals surface area contributed by atoms with Gasteiger partial charge in [0.15, 0.2) is 0 Å². The Morgan fingerprint density at radius 2 is 2.05 bits per heavy atom. The van der Waals surface area contributed by atoms with Crippen LogP contribution < -0.4 is 4.90 Å². The number of alkyl halides is 3. The Hall–Kier alpha value is -2.23. The number of nitrogens with zero attached hydrogens (tertiary/aromatic N) is 2. The predicted molar refractivity (Wildman–Crippen MR) is 70.8 cm³/mol. The van der Waals surface area contributed by atoms with Crippen molar-refractivity contribution in [2.45, 2.75) is 20.0 Å². The molecule has 0 unspecified atom stereocenters. The number of benzene rings is 1. The standard InChI is InChI=1S/C14H15F3N2O2/c1-9(2)7-19(8-13(20)21)11-3-4-12(14(15,16)17)10(5-11)6-18/h3-5,9H,7-8H2,1-2H3,(H,20,21). The van der Waals surface area contributed by atoms with Crippen molar-refractivity contribution in [2.24, 2.45) is 5.92 Å². The van der Waals surface area contributed by atoms with E-state index in [0.717, 1.165) is 12.1 Å². The molecule has 0 radical (unpaired) electrons. The maximum atomic E-state index is 12.7. The van der Waals surface area contributed by atoms with E-state index in [4.69, 9.17) is 10.4 Å². The van der Waals surface area contributed by atoms with Crippen LogP contribution in [0.1, 0.15) is 25.0 Å². The van der Waals surface area contributed by atoms with Gasteiger partial charge in [-0.2, -0.15) is 18.4 Å². The first-order valence-corrected chi connectivity index (χ1v) is 6.23. The van der Waals surface area contributed by atoms with Gasteiger partial charge in [0.1, 0.15) is 6.54 Å². The van der Waals surface area contributed by atoms with Gasteiger partial charge in [-0.05, 0) is 24.1 Å². The maximum Gasteiger partial charge on any atom is 0.417 e. The van der Waals surface area contributed by atoms with E-state index in [1.54, 1.807) is 0 Å². The van der Waals surface area contributed by atoms with Gasteiger partial charge in [0.25, 0.3) is 0 Å². The Labute approximate surface area is 120 Å². The van der Waals surface area contributed by atoms with Gasteiger partial charge in [-0.15, -0.1) is 0 Å². The van der Waals surface area contributed by atoms with Crippen molar-refractivity contribution in [3.8, 4) is 6.07 Å². The summed E-state index contributed by atoms with van der Waals surface area (Å²) in [7, 11) is 0. The van der Waals surface area contributed by atoms with E-state index in [0.29, 0.717) is 6.54 Å². The molecule has 0 aromatic heterocycles. The largest absolute Gasteiger partial charge is 0.480 e. The summed E-state index contributed by atoms with van der Waals surface area (Å²) in [5, 5.41) is 17.7. The van der Waals surface area contributed by atoms with Crippen LogP contribution in [0.4, 0.5) is 18.9 Å². The van der Waals surface area contributed by atoms with Crippen LogP contribution in [-0.2, 0) is 11.0 Å². The van der Waals surface area contributed by atoms with Crippen LogP contribution >= 0.6 is 0 Å². The molecular formula is C14H15F3N2O2. The van der Waals surface area contributed by atoms with Crippen molar-refractivity contribution in [1.82, 2.24) is 0 Å². The molecule has 0 spiro atoms. The van der Waals surface area contributed by atoms with Gasteiger partial charge in [-0.25, -0.2) is 0 Å². The van der Waals surface area contributed by atoms with Crippen LogP contribution in [0.3, 0.4) is 0 Å². The Kier molecular flexibility index (Phi) is 5.19. The molecule has 0 saturated heterocycles. The van der Waals surface area contributed by atoms with Crippen LogP contribution in [0, 0.1) is 17.2 Å². The molecule has 0 aliphatic carbocycles. The summed E-state index contributed by atoms with van der Waals surface area (Å²) in [6, 6.07) is 4.59. The van der Waals surface area contributed by atoms with E-state index in [9.17, 15) is 18.0 Å². The average Bonchev–Trinajstić information content (AvgIpc) is 2.35. The number of anilines is 1. The summed E-state index contributed by atoms with van der Waals surface area (Å²) in [6.45, 7) is 3.76. The Morgan fingerprint density at radius 1 is 1.43 bits per heavy atom. The number of halogens is 3. The topological polar surface area (TPSA) is 64.3 Å². The van der Waals surface area contributed by atoms with E-state index < -0.39 is 23.3 Å². The van der Waals surface area contributed by atoms with E-state index in [1.165, 1.54) is 17.0 Å². The lowest BCUT2D eigenvalue weighted by Gasteiger charge is -2.25. The zero-order chi connectivity index (χ0) is 16.2. The highest BCUT2D eigenvalue weighted by Crippen LogP contribution is 2.33. The Morgan fingerprint density at radius 3 is 2.48 bits per heavy atom. The molecule has 1 N–H and O–H groups in total. The fourth-order valence-electron chi connectivity index (χ4n) is 1.93. The highest BCUT2D eigenvalue weighted by Gasteiger charge is 2.33. The molecule has 1 rings (SSSR count). The van der Waals surface area contributed by atoms with Crippen molar-refractivity contribution in [3.05, 3.63) is 29.3 Å². The number of nitriles is 1. The normalized spacial score (nSPS) is 11.3. The molecule has 0 bridgehead atoms. The van der Waals surface area contributed by atoms with Gasteiger partial charge in [0.2, 0.25) is 0 Å². The number of hydrogen-bond donors (Lipinski definition) is 1. The minimum Gasteiger partial charge on any atom is -0.480 e. The molecule has 0 amide bonds. The zero-order valence-corrected chi connectivity index (χ0v) is 11.6. The fourth-order valence-corrected chi connectivity index (χ4v) is 1.93. The predicted octanol–water partition coefficient (Wildman–Crippen LogP) is 3.12. The van der Waals surface area contributed by atoms with Crippen LogP contribution in [0.5, 0.6) is 0 Å². The van der Waals surface area contributed by atoms with Crippen LogP contribution in [0.2, 0.25) is 0 Å². The molecule has 7 heteroatoms. The van der Waals surface area contributed by atoms with Crippen molar-refractivity contribution in [3.63, 3.8) is 0 Å². The fraction of sp³-hybridized carbons (Fsp3) is 0.429. The second kappa shape index (κ2) is 6.48. The second-order valence-electron chi connectivity index (χ2n) is 5.01. The number of hydrogen-bond acceptors (Lipinski definition) is 3. The molecule has 114 valence electrons. The Bertz CT molecular complexity index is 562. The number of carbonyl (C=O) groups is 1. The van der Waals surface area contributed by atoms with E-state index in [1.807, 2.05) is 13.8 Å². The van der Waals surface area contributed by atoms with Gasteiger partial charge >= 0.3 is 12.1 Å². The molecule has 21 heavy (non-hydrogen) atoms. The van der Waals surface area contributed by atoms with Crippen LogP contribution in [0.15, 0.2) is 18.2 Å². The summed E-state index contributed by atoms with van der Waals surface area (Å²) < 4.78 is 38.2. The number of rotatable bonds is 5. The summed E-state index contributed by atoms with van der Waals surface area (Å²) in [5.41, 5.74) is -1.25. The monoisotopic (exact) mass is 300 g/mol. The number of carboxylic acid groups (broad SMARTS) is 1. The van der Waals surface area contributed by atoms with Crippen molar-refractivity contribution in [2.75, 3.05) is 18.0 Å². The molecule has 0 fully saturated rings. The first-order chi connectivity index (χ1) is 9.65. The molecule has 0 aliphatic heterocycles. The lowest BCUT2D eigenvalue weighted by molar-refractivity contribution is -0.138. The quantitative estimate of drug-likeness (QED) is 0.907. The molecule has 0 heterocycles. The van der Waals surface area contributed by atoms with Gasteiger partial charge in [-0.1, -0.05) is 13.8 Å². The molecule has 0 saturated carbocycles. The van der Waals surface area contributed by atoms with Crippen molar-refractivity contribution >= 4 is 11.7 Å². The van der Waals surface area contributed by atoms with Crippen molar-refractivity contribution < 1.29 is 23.1 Å². The molecule has 1 aromatic rings. The number of carboxylic acids is 1. The smallest absolute Gasteiger partial charge is 0.417 e. The van der Waals surface area contributed by atoms with Crippen LogP contribution in [-0.4, -0.2) is 24.2 Å². The summed E-state index contributed by atoms with van der Waals surface area (Å²) in [6.07, 6.45) is -4.61. The molecular weight excluding hydrogens is 285 g/mol. The van der Waals surface area contributed by atoms with Gasteiger partial charge < -0.3 is 10.0 Å².